The number of fused-ring (bicyclic) bond motifs is 3. The van der Waals surface area contributed by atoms with Crippen LogP contribution in [0.4, 0.5) is 0 Å². The number of hydrogen-bond donors (Lipinski definition) is 0. The normalized spacial score (nSPS) is 28.2. The van der Waals surface area contributed by atoms with Crippen molar-refractivity contribution < 1.29 is 19.0 Å². The largest absolute Gasteiger partial charge is 0.361 e. The Labute approximate surface area is 146 Å². The highest BCUT2D eigenvalue weighted by molar-refractivity contribution is 5.99. The molecule has 0 amide bonds. The predicted molar refractivity (Wildman–Crippen MR) is 87.2 cm³/mol. The Balaban J connectivity index is 2.30. The number of Topliss-reactive ketones (excluding diaryl/α,β-unsaturated/α-hetero) is 1. The lowest BCUT2D eigenvalue weighted by molar-refractivity contribution is -0.386. The van der Waals surface area contributed by atoms with Crippen molar-refractivity contribution in [1.29, 1.82) is 10.5 Å². The Morgan fingerprint density at radius 2 is 1.76 bits per heavy atom. The number of hydrogen-bond acceptors (Lipinski definition) is 6. The Hall–Kier alpha value is -2.25. The summed E-state index contributed by atoms with van der Waals surface area (Å²) in [6, 6.07) is 11.4. The number of carbonyl (C=O) groups excluding carboxylic acids is 1. The maximum absolute atomic E-state index is 12.7. The molecule has 2 aliphatic rings. The lowest BCUT2D eigenvalue weighted by Gasteiger charge is -2.59. The van der Waals surface area contributed by atoms with Gasteiger partial charge in [-0.15, -0.1) is 0 Å². The standard InChI is InChI=1S/C19H20N2O4/c1-17(2)19(23-3,24-4)18(10-20,11-21)14-9-15(22)12-7-5-6-8-13(12)16(14)25-17/h5-8,14,16H,9H2,1-4H3/t14-,16-/m0/s1. The zero-order valence-corrected chi connectivity index (χ0v) is 14.7. The lowest BCUT2D eigenvalue weighted by Crippen LogP contribution is -2.71. The predicted octanol–water partition coefficient (Wildman–Crippen LogP) is 2.76. The van der Waals surface area contributed by atoms with Crippen molar-refractivity contribution in [3.8, 4) is 12.1 Å². The minimum atomic E-state index is -1.70. The van der Waals surface area contributed by atoms with Gasteiger partial charge in [-0.25, -0.2) is 0 Å². The van der Waals surface area contributed by atoms with Gasteiger partial charge < -0.3 is 14.2 Å². The second-order valence-electron chi connectivity index (χ2n) is 6.93. The van der Waals surface area contributed by atoms with Gasteiger partial charge in [0.25, 0.3) is 0 Å². The van der Waals surface area contributed by atoms with Crippen molar-refractivity contribution in [1.82, 2.24) is 0 Å². The molecule has 3 rings (SSSR count). The molecule has 1 fully saturated rings. The van der Waals surface area contributed by atoms with Crippen LogP contribution in [0.15, 0.2) is 24.3 Å². The van der Waals surface area contributed by atoms with Crippen molar-refractivity contribution >= 4 is 5.78 Å². The van der Waals surface area contributed by atoms with E-state index < -0.39 is 28.8 Å². The van der Waals surface area contributed by atoms with Gasteiger partial charge >= 0.3 is 0 Å². The fourth-order valence-corrected chi connectivity index (χ4v) is 4.51. The molecule has 0 bridgehead atoms. The number of nitrogens with zero attached hydrogens (tertiary/aromatic N) is 2. The van der Waals surface area contributed by atoms with Gasteiger partial charge in [-0.1, -0.05) is 24.3 Å². The highest BCUT2D eigenvalue weighted by Crippen LogP contribution is 2.61. The maximum atomic E-state index is 12.7. The summed E-state index contributed by atoms with van der Waals surface area (Å²) in [7, 11) is 2.77. The molecule has 0 N–H and O–H groups in total. The molecule has 25 heavy (non-hydrogen) atoms. The van der Waals surface area contributed by atoms with E-state index >= 15 is 0 Å². The van der Waals surface area contributed by atoms with Gasteiger partial charge in [0.2, 0.25) is 11.2 Å². The summed E-state index contributed by atoms with van der Waals surface area (Å²) < 4.78 is 17.5. The van der Waals surface area contributed by atoms with Crippen molar-refractivity contribution in [3.05, 3.63) is 35.4 Å². The van der Waals surface area contributed by atoms with Crippen molar-refractivity contribution in [2.45, 2.75) is 37.8 Å². The molecule has 1 aliphatic heterocycles. The van der Waals surface area contributed by atoms with Gasteiger partial charge in [-0.05, 0) is 19.4 Å². The Morgan fingerprint density at radius 1 is 1.16 bits per heavy atom. The van der Waals surface area contributed by atoms with Gasteiger partial charge in [0, 0.05) is 32.1 Å². The lowest BCUT2D eigenvalue weighted by atomic mass is 9.57. The van der Waals surface area contributed by atoms with E-state index in [0.29, 0.717) is 11.1 Å². The van der Waals surface area contributed by atoms with Gasteiger partial charge in [0.1, 0.15) is 5.60 Å². The molecule has 0 unspecified atom stereocenters. The number of ketones is 1. The number of ether oxygens (including phenoxy) is 3. The van der Waals surface area contributed by atoms with Crippen molar-refractivity contribution in [3.63, 3.8) is 0 Å². The molecule has 6 heteroatoms. The first-order valence-corrected chi connectivity index (χ1v) is 8.07. The molecular weight excluding hydrogens is 320 g/mol. The summed E-state index contributed by atoms with van der Waals surface area (Å²) in [5.41, 5.74) is -1.53. The Bertz CT molecular complexity index is 784. The summed E-state index contributed by atoms with van der Waals surface area (Å²) in [4.78, 5) is 12.7. The van der Waals surface area contributed by atoms with E-state index in [1.165, 1.54) is 14.2 Å². The van der Waals surface area contributed by atoms with Crippen LogP contribution in [0.1, 0.15) is 42.3 Å². The molecule has 1 aromatic rings. The van der Waals surface area contributed by atoms with E-state index in [9.17, 15) is 15.3 Å². The Morgan fingerprint density at radius 3 is 2.32 bits per heavy atom. The van der Waals surface area contributed by atoms with E-state index in [1.807, 2.05) is 12.1 Å². The third kappa shape index (κ3) is 1.96. The molecule has 0 saturated carbocycles. The van der Waals surface area contributed by atoms with Crippen LogP contribution in [0.2, 0.25) is 0 Å². The zero-order chi connectivity index (χ0) is 18.5. The highest BCUT2D eigenvalue weighted by Gasteiger charge is 2.73. The SMILES string of the molecule is COC1(OC)C(C)(C)O[C@H]2c3ccccc3C(=O)C[C@@H]2C1(C#N)C#N. The van der Waals surface area contributed by atoms with Gasteiger partial charge in [0.05, 0.1) is 18.2 Å². The molecule has 1 aliphatic carbocycles. The van der Waals surface area contributed by atoms with Gasteiger partial charge in [-0.2, -0.15) is 10.5 Å². The zero-order valence-electron chi connectivity index (χ0n) is 14.7. The fourth-order valence-electron chi connectivity index (χ4n) is 4.51. The van der Waals surface area contributed by atoms with E-state index in [4.69, 9.17) is 14.2 Å². The number of nitriles is 2. The number of rotatable bonds is 2. The summed E-state index contributed by atoms with van der Waals surface area (Å²) in [5, 5.41) is 20.1. The van der Waals surface area contributed by atoms with Crippen molar-refractivity contribution in [2.75, 3.05) is 14.2 Å². The molecule has 0 spiro atoms. The highest BCUT2D eigenvalue weighted by atomic mass is 16.7. The van der Waals surface area contributed by atoms with Crippen molar-refractivity contribution in [2.24, 2.45) is 11.3 Å². The molecular formula is C19H20N2O4. The quantitative estimate of drug-likeness (QED) is 0.769. The van der Waals surface area contributed by atoms with E-state index in [2.05, 4.69) is 12.1 Å². The van der Waals surface area contributed by atoms with Crippen LogP contribution in [-0.4, -0.2) is 31.4 Å². The molecule has 1 aromatic carbocycles. The number of methoxy groups -OCH3 is 2. The molecule has 130 valence electrons. The van der Waals surface area contributed by atoms with Crippen LogP contribution in [0.5, 0.6) is 0 Å². The summed E-state index contributed by atoms with van der Waals surface area (Å²) in [6.07, 6.45) is -0.547. The molecule has 1 heterocycles. The maximum Gasteiger partial charge on any atom is 0.230 e. The van der Waals surface area contributed by atoms with Crippen LogP contribution in [0, 0.1) is 34.0 Å². The topological polar surface area (TPSA) is 92.3 Å². The van der Waals surface area contributed by atoms with Crippen LogP contribution in [-0.2, 0) is 14.2 Å². The first-order chi connectivity index (χ1) is 11.8. The van der Waals surface area contributed by atoms with Crippen LogP contribution in [0.3, 0.4) is 0 Å². The molecule has 0 aromatic heterocycles. The third-order valence-corrected chi connectivity index (χ3v) is 5.56. The van der Waals surface area contributed by atoms with Gasteiger partial charge in [-0.3, -0.25) is 4.79 Å². The first-order valence-electron chi connectivity index (χ1n) is 8.07. The average molecular weight is 340 g/mol. The molecule has 6 nitrogen and oxygen atoms in total. The first kappa shape index (κ1) is 17.6. The van der Waals surface area contributed by atoms with Gasteiger partial charge in [0.15, 0.2) is 5.78 Å². The van der Waals surface area contributed by atoms with E-state index in [0.717, 1.165) is 0 Å². The van der Waals surface area contributed by atoms with E-state index in [-0.39, 0.29) is 12.2 Å². The minimum Gasteiger partial charge on any atom is -0.361 e. The summed E-state index contributed by atoms with van der Waals surface area (Å²) in [6.45, 7) is 3.47. The second-order valence-corrected chi connectivity index (χ2v) is 6.93. The summed E-state index contributed by atoms with van der Waals surface area (Å²) >= 11 is 0. The summed E-state index contributed by atoms with van der Waals surface area (Å²) in [5.74, 6) is -2.44. The second kappa shape index (κ2) is 5.64. The fraction of sp³-hybridized carbons (Fsp3) is 0.526. The molecule has 0 radical (unpaired) electrons. The monoisotopic (exact) mass is 340 g/mol. The third-order valence-electron chi connectivity index (χ3n) is 5.56. The average Bonchev–Trinajstić information content (AvgIpc) is 2.61. The number of benzene rings is 1. The van der Waals surface area contributed by atoms with Crippen LogP contribution < -0.4 is 0 Å². The molecule has 1 saturated heterocycles. The van der Waals surface area contributed by atoms with E-state index in [1.54, 1.807) is 26.0 Å². The van der Waals surface area contributed by atoms with Crippen LogP contribution in [0.25, 0.3) is 0 Å². The number of carbonyl (C=O) groups is 1. The van der Waals surface area contributed by atoms with Crippen LogP contribution >= 0.6 is 0 Å². The smallest absolute Gasteiger partial charge is 0.230 e. The molecule has 2 atom stereocenters. The Kier molecular flexibility index (Phi) is 3.96. The minimum absolute atomic E-state index is 0.0212.